The van der Waals surface area contributed by atoms with Crippen LogP contribution in [0, 0.1) is 5.82 Å². The molecular weight excluding hydrogens is 425 g/mol. The van der Waals surface area contributed by atoms with Gasteiger partial charge in [-0.3, -0.25) is 4.79 Å². The number of hydrogen-bond acceptors (Lipinski definition) is 4. The number of fused-ring (bicyclic) bond motifs is 1. The highest BCUT2D eigenvalue weighted by atomic mass is 79.9. The van der Waals surface area contributed by atoms with Gasteiger partial charge in [0.25, 0.3) is 0 Å². The van der Waals surface area contributed by atoms with Crippen LogP contribution in [0.3, 0.4) is 0 Å². The first-order chi connectivity index (χ1) is 12.2. The molecule has 3 rings (SSSR count). The molecule has 1 heterocycles. The van der Waals surface area contributed by atoms with Crippen LogP contribution in [0.25, 0.3) is 11.0 Å². The topological polar surface area (TPSA) is 81.1 Å². The third-order valence-electron chi connectivity index (χ3n) is 3.63. The van der Waals surface area contributed by atoms with Crippen LogP contribution >= 0.6 is 15.9 Å². The van der Waals surface area contributed by atoms with Crippen LogP contribution in [0.4, 0.5) is 10.1 Å². The highest BCUT2D eigenvalue weighted by molar-refractivity contribution is 9.10. The molecule has 9 heteroatoms. The van der Waals surface area contributed by atoms with Gasteiger partial charge in [0, 0.05) is 10.7 Å². The van der Waals surface area contributed by atoms with E-state index in [-0.39, 0.29) is 23.8 Å². The number of hydrogen-bond donors (Lipinski definition) is 1. The Hall–Kier alpha value is -2.26. The van der Waals surface area contributed by atoms with Crippen LogP contribution in [-0.4, -0.2) is 30.1 Å². The van der Waals surface area contributed by atoms with Gasteiger partial charge in [-0.2, -0.15) is 0 Å². The number of carbonyl (C=O) groups is 1. The molecule has 0 spiro atoms. The van der Waals surface area contributed by atoms with Crippen molar-refractivity contribution in [2.75, 3.05) is 11.6 Å². The second-order valence-electron chi connectivity index (χ2n) is 5.85. The highest BCUT2D eigenvalue weighted by Gasteiger charge is 2.18. The fraction of sp³-hybridized carbons (Fsp3) is 0.176. The van der Waals surface area contributed by atoms with Gasteiger partial charge in [-0.05, 0) is 30.3 Å². The number of halogens is 2. The minimum Gasteiger partial charge on any atom is -0.322 e. The molecule has 0 saturated carbocycles. The molecule has 1 aromatic heterocycles. The Balaban J connectivity index is 1.91. The molecular formula is C17H15BrFN3O3S. The highest BCUT2D eigenvalue weighted by Crippen LogP contribution is 2.21. The molecule has 0 aliphatic heterocycles. The first-order valence-corrected chi connectivity index (χ1v) is 10.4. The van der Waals surface area contributed by atoms with Crippen LogP contribution in [-0.2, 0) is 26.9 Å². The minimum absolute atomic E-state index is 0.0484. The molecule has 0 bridgehead atoms. The van der Waals surface area contributed by atoms with Crippen LogP contribution in [0.2, 0.25) is 0 Å². The zero-order chi connectivity index (χ0) is 18.9. The molecule has 0 saturated heterocycles. The van der Waals surface area contributed by atoms with Crippen molar-refractivity contribution in [3.05, 3.63) is 58.6 Å². The number of anilines is 1. The first-order valence-electron chi connectivity index (χ1n) is 7.60. The predicted octanol–water partition coefficient (Wildman–Crippen LogP) is 3.12. The molecule has 0 radical (unpaired) electrons. The quantitative estimate of drug-likeness (QED) is 0.661. The van der Waals surface area contributed by atoms with Gasteiger partial charge in [-0.15, -0.1) is 0 Å². The van der Waals surface area contributed by atoms with Crippen molar-refractivity contribution >= 4 is 48.4 Å². The van der Waals surface area contributed by atoms with Gasteiger partial charge in [0.1, 0.15) is 23.9 Å². The normalized spacial score (nSPS) is 11.7. The molecule has 26 heavy (non-hydrogen) atoms. The zero-order valence-electron chi connectivity index (χ0n) is 13.7. The van der Waals surface area contributed by atoms with Crippen LogP contribution in [0.1, 0.15) is 5.82 Å². The number of amides is 1. The lowest BCUT2D eigenvalue weighted by Crippen LogP contribution is -2.21. The van der Waals surface area contributed by atoms with E-state index in [1.54, 1.807) is 30.3 Å². The van der Waals surface area contributed by atoms with Crippen molar-refractivity contribution < 1.29 is 17.6 Å². The predicted molar refractivity (Wildman–Crippen MR) is 101 cm³/mol. The summed E-state index contributed by atoms with van der Waals surface area (Å²) in [6.07, 6.45) is 1.11. The van der Waals surface area contributed by atoms with E-state index in [0.29, 0.717) is 15.5 Å². The molecule has 6 nitrogen and oxygen atoms in total. The number of aromatic nitrogens is 2. The lowest BCUT2D eigenvalue weighted by molar-refractivity contribution is -0.116. The number of nitrogens with one attached hydrogen (secondary N) is 1. The Morgan fingerprint density at radius 1 is 1.27 bits per heavy atom. The Labute approximate surface area is 158 Å². The third-order valence-corrected chi connectivity index (χ3v) is 4.91. The largest absolute Gasteiger partial charge is 0.322 e. The van der Waals surface area contributed by atoms with Crippen LogP contribution < -0.4 is 5.32 Å². The van der Waals surface area contributed by atoms with Gasteiger partial charge >= 0.3 is 0 Å². The fourth-order valence-corrected chi connectivity index (χ4v) is 3.59. The van der Waals surface area contributed by atoms with E-state index in [1.165, 1.54) is 16.7 Å². The average Bonchev–Trinajstić information content (AvgIpc) is 2.86. The van der Waals surface area contributed by atoms with E-state index in [4.69, 9.17) is 0 Å². The van der Waals surface area contributed by atoms with E-state index in [1.807, 2.05) is 0 Å². The Bertz CT molecular complexity index is 1100. The fourth-order valence-electron chi connectivity index (χ4n) is 2.57. The molecule has 1 N–H and O–H groups in total. The maximum absolute atomic E-state index is 13.9. The maximum Gasteiger partial charge on any atom is 0.244 e. The summed E-state index contributed by atoms with van der Waals surface area (Å²) in [5.41, 5.74) is 1.28. The van der Waals surface area contributed by atoms with Gasteiger partial charge < -0.3 is 9.88 Å². The SMILES string of the molecule is CS(=O)(=O)Cc1nc2ccccc2n1CC(=O)Nc1ccc(Br)cc1F. The van der Waals surface area contributed by atoms with Crippen LogP contribution in [0.15, 0.2) is 46.9 Å². The second kappa shape index (κ2) is 7.16. The second-order valence-corrected chi connectivity index (χ2v) is 8.90. The number of para-hydroxylation sites is 2. The number of carbonyl (C=O) groups excluding carboxylic acids is 1. The summed E-state index contributed by atoms with van der Waals surface area (Å²) >= 11 is 3.15. The monoisotopic (exact) mass is 439 g/mol. The van der Waals surface area contributed by atoms with Crippen molar-refractivity contribution in [3.8, 4) is 0 Å². The summed E-state index contributed by atoms with van der Waals surface area (Å²) in [6.45, 7) is -0.180. The summed E-state index contributed by atoms with van der Waals surface area (Å²) in [4.78, 5) is 16.7. The molecule has 0 fully saturated rings. The number of nitrogens with zero attached hydrogens (tertiary/aromatic N) is 2. The summed E-state index contributed by atoms with van der Waals surface area (Å²) in [7, 11) is -3.33. The summed E-state index contributed by atoms with van der Waals surface area (Å²) in [5.74, 6) is -1.08. The Morgan fingerprint density at radius 3 is 2.69 bits per heavy atom. The van der Waals surface area contributed by atoms with Crippen molar-refractivity contribution in [2.45, 2.75) is 12.3 Å². The molecule has 0 atom stereocenters. The summed E-state index contributed by atoms with van der Waals surface area (Å²) in [6, 6.07) is 11.3. The van der Waals surface area contributed by atoms with E-state index in [0.717, 1.165) is 6.26 Å². The molecule has 0 aliphatic rings. The number of sulfone groups is 1. The molecule has 136 valence electrons. The van der Waals surface area contributed by atoms with Gasteiger partial charge in [-0.1, -0.05) is 28.1 Å². The molecule has 3 aromatic rings. The maximum atomic E-state index is 13.9. The summed E-state index contributed by atoms with van der Waals surface area (Å²) < 4.78 is 39.3. The Kier molecular flexibility index (Phi) is 5.10. The van der Waals surface area contributed by atoms with Crippen molar-refractivity contribution in [1.82, 2.24) is 9.55 Å². The van der Waals surface area contributed by atoms with Gasteiger partial charge in [0.2, 0.25) is 5.91 Å². The van der Waals surface area contributed by atoms with E-state index < -0.39 is 21.6 Å². The zero-order valence-corrected chi connectivity index (χ0v) is 16.1. The lowest BCUT2D eigenvalue weighted by atomic mass is 10.3. The molecule has 0 aliphatic carbocycles. The van der Waals surface area contributed by atoms with Crippen molar-refractivity contribution in [2.24, 2.45) is 0 Å². The van der Waals surface area contributed by atoms with Gasteiger partial charge in [0.05, 0.1) is 16.7 Å². The van der Waals surface area contributed by atoms with Gasteiger partial charge in [-0.25, -0.2) is 17.8 Å². The number of benzene rings is 2. The number of imidazole rings is 1. The molecule has 2 aromatic carbocycles. The minimum atomic E-state index is -3.33. The average molecular weight is 440 g/mol. The van der Waals surface area contributed by atoms with E-state index >= 15 is 0 Å². The number of rotatable bonds is 5. The standard InChI is InChI=1S/C17H15BrFN3O3S/c1-26(24,25)10-16-20-14-4-2-3-5-15(14)22(16)9-17(23)21-13-7-6-11(18)8-12(13)19/h2-8H,9-10H2,1H3,(H,21,23). The van der Waals surface area contributed by atoms with E-state index in [2.05, 4.69) is 26.2 Å². The Morgan fingerprint density at radius 2 is 2.00 bits per heavy atom. The van der Waals surface area contributed by atoms with E-state index in [9.17, 15) is 17.6 Å². The van der Waals surface area contributed by atoms with Crippen molar-refractivity contribution in [3.63, 3.8) is 0 Å². The molecule has 1 amide bonds. The summed E-state index contributed by atoms with van der Waals surface area (Å²) in [5, 5.41) is 2.50. The van der Waals surface area contributed by atoms with Crippen molar-refractivity contribution in [1.29, 1.82) is 0 Å². The molecule has 0 unspecified atom stereocenters. The lowest BCUT2D eigenvalue weighted by Gasteiger charge is -2.10. The van der Waals surface area contributed by atoms with Gasteiger partial charge in [0.15, 0.2) is 9.84 Å². The first kappa shape index (κ1) is 18.5. The van der Waals surface area contributed by atoms with Crippen LogP contribution in [0.5, 0.6) is 0 Å². The third kappa shape index (κ3) is 4.28. The smallest absolute Gasteiger partial charge is 0.244 e.